The molecule has 1 N–H and O–H groups in total. The lowest BCUT2D eigenvalue weighted by molar-refractivity contribution is 0.588. The van der Waals surface area contributed by atoms with E-state index in [2.05, 4.69) is 55.3 Å². The van der Waals surface area contributed by atoms with Gasteiger partial charge in [0.05, 0.1) is 12.2 Å². The van der Waals surface area contributed by atoms with E-state index in [1.54, 1.807) is 6.20 Å². The topological polar surface area (TPSA) is 24.9 Å². The maximum atomic E-state index is 13.3. The van der Waals surface area contributed by atoms with Crippen LogP contribution in [-0.2, 0) is 5.41 Å². The average Bonchev–Trinajstić information content (AvgIpc) is 2.39. The van der Waals surface area contributed by atoms with Crippen LogP contribution >= 0.6 is 0 Å². The van der Waals surface area contributed by atoms with Crippen molar-refractivity contribution in [2.75, 3.05) is 7.05 Å². The fraction of sp³-hybridized carbons (Fsp3) is 0.353. The lowest BCUT2D eigenvalue weighted by Crippen LogP contribution is -2.18. The fourth-order valence-electron chi connectivity index (χ4n) is 2.29. The van der Waals surface area contributed by atoms with Crippen molar-refractivity contribution >= 4 is 0 Å². The van der Waals surface area contributed by atoms with Crippen molar-refractivity contribution in [3.8, 4) is 0 Å². The van der Waals surface area contributed by atoms with Gasteiger partial charge in [-0.2, -0.15) is 0 Å². The van der Waals surface area contributed by atoms with Crippen LogP contribution in [0.1, 0.15) is 43.5 Å². The third-order valence-corrected chi connectivity index (χ3v) is 3.46. The van der Waals surface area contributed by atoms with E-state index in [9.17, 15) is 4.39 Å². The first-order valence-corrected chi connectivity index (χ1v) is 6.80. The number of halogens is 1. The molecule has 0 amide bonds. The van der Waals surface area contributed by atoms with Crippen LogP contribution < -0.4 is 5.32 Å². The molecule has 0 saturated carbocycles. The molecule has 1 aromatic heterocycles. The Morgan fingerprint density at radius 3 is 2.20 bits per heavy atom. The molecule has 0 bridgehead atoms. The molecule has 2 rings (SSSR count). The highest BCUT2D eigenvalue weighted by Gasteiger charge is 2.16. The van der Waals surface area contributed by atoms with Gasteiger partial charge in [0.15, 0.2) is 0 Å². The molecule has 106 valence electrons. The summed E-state index contributed by atoms with van der Waals surface area (Å²) < 4.78 is 13.3. The number of nitrogens with one attached hydrogen (secondary N) is 1. The van der Waals surface area contributed by atoms with E-state index in [-0.39, 0.29) is 17.3 Å². The summed E-state index contributed by atoms with van der Waals surface area (Å²) in [5.41, 5.74) is 3.35. The van der Waals surface area contributed by atoms with Gasteiger partial charge in [-0.3, -0.25) is 4.98 Å². The lowest BCUT2D eigenvalue weighted by Gasteiger charge is -2.21. The van der Waals surface area contributed by atoms with Crippen molar-refractivity contribution in [3.63, 3.8) is 0 Å². The van der Waals surface area contributed by atoms with Crippen molar-refractivity contribution in [2.24, 2.45) is 0 Å². The molecule has 1 atom stereocenters. The minimum atomic E-state index is -0.311. The summed E-state index contributed by atoms with van der Waals surface area (Å²) in [7, 11) is 1.87. The van der Waals surface area contributed by atoms with Crippen LogP contribution in [0.3, 0.4) is 0 Å². The van der Waals surface area contributed by atoms with Crippen molar-refractivity contribution < 1.29 is 4.39 Å². The number of hydrogen-bond donors (Lipinski definition) is 1. The highest BCUT2D eigenvalue weighted by atomic mass is 19.1. The van der Waals surface area contributed by atoms with Crippen molar-refractivity contribution in [1.29, 1.82) is 0 Å². The zero-order valence-corrected chi connectivity index (χ0v) is 12.4. The van der Waals surface area contributed by atoms with Crippen LogP contribution in [0.25, 0.3) is 0 Å². The molecule has 3 heteroatoms. The van der Waals surface area contributed by atoms with Gasteiger partial charge in [-0.05, 0) is 35.2 Å². The average molecular weight is 272 g/mol. The Morgan fingerprint density at radius 1 is 1.05 bits per heavy atom. The van der Waals surface area contributed by atoms with Crippen molar-refractivity contribution in [2.45, 2.75) is 32.2 Å². The molecule has 20 heavy (non-hydrogen) atoms. The third kappa shape index (κ3) is 3.23. The number of aromatic nitrogens is 1. The predicted octanol–water partition coefficient (Wildman–Crippen LogP) is 3.83. The number of hydrogen-bond acceptors (Lipinski definition) is 2. The first-order chi connectivity index (χ1) is 9.41. The summed E-state index contributed by atoms with van der Waals surface area (Å²) in [5, 5.41) is 3.21. The summed E-state index contributed by atoms with van der Waals surface area (Å²) in [4.78, 5) is 3.92. The van der Waals surface area contributed by atoms with E-state index in [1.807, 2.05) is 7.05 Å². The maximum Gasteiger partial charge on any atom is 0.141 e. The molecule has 1 unspecified atom stereocenters. The fourth-order valence-corrected chi connectivity index (χ4v) is 2.29. The Bertz CT molecular complexity index is 570. The second-order valence-corrected chi connectivity index (χ2v) is 6.03. The quantitative estimate of drug-likeness (QED) is 0.918. The predicted molar refractivity (Wildman–Crippen MR) is 80.2 cm³/mol. The molecule has 0 saturated heterocycles. The van der Waals surface area contributed by atoms with Gasteiger partial charge in [-0.1, -0.05) is 45.0 Å². The number of nitrogens with zero attached hydrogens (tertiary/aromatic N) is 1. The van der Waals surface area contributed by atoms with E-state index in [4.69, 9.17) is 0 Å². The molecule has 0 fully saturated rings. The Labute approximate surface area is 120 Å². The Morgan fingerprint density at radius 2 is 1.70 bits per heavy atom. The summed E-state index contributed by atoms with van der Waals surface area (Å²) in [5.74, 6) is -0.311. The molecule has 1 aromatic carbocycles. The number of rotatable bonds is 3. The standard InChI is InChI=1S/C17H21FN2/c1-17(2,3)14-7-5-12(6-8-14)16(19-4)13-9-15(18)11-20-10-13/h5-11,16,19H,1-4H3. The van der Waals surface area contributed by atoms with Crippen molar-refractivity contribution in [3.05, 3.63) is 65.2 Å². The van der Waals surface area contributed by atoms with Crippen LogP contribution in [0.2, 0.25) is 0 Å². The molecular formula is C17H21FN2. The van der Waals surface area contributed by atoms with Gasteiger partial charge in [-0.15, -0.1) is 0 Å². The van der Waals surface area contributed by atoms with Gasteiger partial charge in [0.25, 0.3) is 0 Å². The molecule has 0 spiro atoms. The molecule has 2 nitrogen and oxygen atoms in total. The van der Waals surface area contributed by atoms with Crippen LogP contribution in [0.4, 0.5) is 4.39 Å². The highest BCUT2D eigenvalue weighted by Crippen LogP contribution is 2.26. The second-order valence-electron chi connectivity index (χ2n) is 6.03. The zero-order valence-electron chi connectivity index (χ0n) is 12.4. The van der Waals surface area contributed by atoms with Crippen LogP contribution in [-0.4, -0.2) is 12.0 Å². The van der Waals surface area contributed by atoms with E-state index in [0.29, 0.717) is 0 Å². The van der Waals surface area contributed by atoms with E-state index >= 15 is 0 Å². The Balaban J connectivity index is 2.33. The van der Waals surface area contributed by atoms with Gasteiger partial charge in [0.1, 0.15) is 5.82 Å². The zero-order chi connectivity index (χ0) is 14.8. The van der Waals surface area contributed by atoms with Gasteiger partial charge in [0.2, 0.25) is 0 Å². The second kappa shape index (κ2) is 5.71. The van der Waals surface area contributed by atoms with Crippen LogP contribution in [0.5, 0.6) is 0 Å². The van der Waals surface area contributed by atoms with Gasteiger partial charge < -0.3 is 5.32 Å². The van der Waals surface area contributed by atoms with E-state index in [1.165, 1.54) is 17.8 Å². The normalized spacial score (nSPS) is 13.2. The smallest absolute Gasteiger partial charge is 0.141 e. The summed E-state index contributed by atoms with van der Waals surface area (Å²) in [6, 6.07) is 9.91. The summed E-state index contributed by atoms with van der Waals surface area (Å²) >= 11 is 0. The van der Waals surface area contributed by atoms with Gasteiger partial charge >= 0.3 is 0 Å². The Hall–Kier alpha value is -1.74. The first-order valence-electron chi connectivity index (χ1n) is 6.80. The number of pyridine rings is 1. The molecule has 0 aliphatic heterocycles. The molecule has 2 aromatic rings. The van der Waals surface area contributed by atoms with E-state index < -0.39 is 0 Å². The molecule has 0 aliphatic carbocycles. The molecular weight excluding hydrogens is 251 g/mol. The minimum Gasteiger partial charge on any atom is -0.309 e. The monoisotopic (exact) mass is 272 g/mol. The van der Waals surface area contributed by atoms with Crippen LogP contribution in [0.15, 0.2) is 42.7 Å². The van der Waals surface area contributed by atoms with E-state index in [0.717, 1.165) is 11.1 Å². The van der Waals surface area contributed by atoms with Gasteiger partial charge in [0, 0.05) is 6.20 Å². The summed E-state index contributed by atoms with van der Waals surface area (Å²) in [6.07, 6.45) is 2.92. The highest BCUT2D eigenvalue weighted by molar-refractivity contribution is 5.34. The molecule has 0 aliphatic rings. The SMILES string of the molecule is CNC(c1ccc(C(C)(C)C)cc1)c1cncc(F)c1. The molecule has 0 radical (unpaired) electrons. The van der Waals surface area contributed by atoms with Crippen LogP contribution in [0, 0.1) is 5.82 Å². The summed E-state index contributed by atoms with van der Waals surface area (Å²) in [6.45, 7) is 6.57. The third-order valence-electron chi connectivity index (χ3n) is 3.46. The van der Waals surface area contributed by atoms with Crippen molar-refractivity contribution in [1.82, 2.24) is 10.3 Å². The Kier molecular flexibility index (Phi) is 4.19. The van der Waals surface area contributed by atoms with Gasteiger partial charge in [-0.25, -0.2) is 4.39 Å². The molecule has 1 heterocycles. The lowest BCUT2D eigenvalue weighted by atomic mass is 9.86. The first kappa shape index (κ1) is 14.7. The minimum absolute atomic E-state index is 0.0489. The number of benzene rings is 1. The largest absolute Gasteiger partial charge is 0.309 e. The maximum absolute atomic E-state index is 13.3.